The molecule has 20 heavy (non-hydrogen) atoms. The van der Waals surface area contributed by atoms with Crippen LogP contribution in [0.15, 0.2) is 36.2 Å². The number of nitrogens with zero attached hydrogens (tertiary/aromatic N) is 2. The van der Waals surface area contributed by atoms with Gasteiger partial charge in [0, 0.05) is 50.2 Å². The highest BCUT2D eigenvalue weighted by Gasteiger charge is 2.18. The zero-order valence-corrected chi connectivity index (χ0v) is 13.9. The van der Waals surface area contributed by atoms with Gasteiger partial charge in [-0.3, -0.25) is 4.90 Å². The van der Waals surface area contributed by atoms with Crippen molar-refractivity contribution in [1.82, 2.24) is 15.1 Å². The molecule has 1 rings (SSSR count). The SMILES string of the molecule is C=C(/C=C1/CN(C(C)C)CCCN1C)C(=C)NC(C)C. The summed E-state index contributed by atoms with van der Waals surface area (Å²) in [6.07, 6.45) is 3.39. The van der Waals surface area contributed by atoms with Crippen LogP contribution in [0.3, 0.4) is 0 Å². The van der Waals surface area contributed by atoms with Crippen molar-refractivity contribution in [3.8, 4) is 0 Å². The molecule has 1 fully saturated rings. The third-order valence-corrected chi connectivity index (χ3v) is 3.72. The fourth-order valence-corrected chi connectivity index (χ4v) is 2.39. The van der Waals surface area contributed by atoms with Crippen molar-refractivity contribution in [2.75, 3.05) is 26.7 Å². The Morgan fingerprint density at radius 1 is 1.20 bits per heavy atom. The molecule has 3 nitrogen and oxygen atoms in total. The van der Waals surface area contributed by atoms with Gasteiger partial charge in [-0.2, -0.15) is 0 Å². The second-order valence-corrected chi connectivity index (χ2v) is 6.28. The first-order valence-electron chi connectivity index (χ1n) is 7.61. The molecule has 3 heteroatoms. The van der Waals surface area contributed by atoms with Crippen LogP contribution in [0.1, 0.15) is 34.1 Å². The van der Waals surface area contributed by atoms with Crippen molar-refractivity contribution >= 4 is 0 Å². The zero-order valence-electron chi connectivity index (χ0n) is 13.9. The fraction of sp³-hybridized carbons (Fsp3) is 0.647. The van der Waals surface area contributed by atoms with Crippen molar-refractivity contribution in [2.45, 2.75) is 46.2 Å². The molecule has 1 N–H and O–H groups in total. The highest BCUT2D eigenvalue weighted by Crippen LogP contribution is 2.17. The summed E-state index contributed by atoms with van der Waals surface area (Å²) in [7, 11) is 2.17. The van der Waals surface area contributed by atoms with E-state index in [-0.39, 0.29) is 0 Å². The van der Waals surface area contributed by atoms with Crippen molar-refractivity contribution in [1.29, 1.82) is 0 Å². The van der Waals surface area contributed by atoms with E-state index in [1.54, 1.807) is 0 Å². The van der Waals surface area contributed by atoms with Gasteiger partial charge in [0.25, 0.3) is 0 Å². The highest BCUT2D eigenvalue weighted by atomic mass is 15.2. The number of rotatable bonds is 5. The van der Waals surface area contributed by atoms with E-state index in [0.29, 0.717) is 12.1 Å². The van der Waals surface area contributed by atoms with Crippen LogP contribution in [0, 0.1) is 0 Å². The minimum atomic E-state index is 0.386. The average Bonchev–Trinajstić information content (AvgIpc) is 2.51. The van der Waals surface area contributed by atoms with Gasteiger partial charge in [0.15, 0.2) is 0 Å². The van der Waals surface area contributed by atoms with Crippen LogP contribution < -0.4 is 5.32 Å². The second-order valence-electron chi connectivity index (χ2n) is 6.28. The molecule has 114 valence electrons. The lowest BCUT2D eigenvalue weighted by Gasteiger charge is -2.27. The van der Waals surface area contributed by atoms with Crippen LogP contribution in [0.25, 0.3) is 0 Å². The van der Waals surface area contributed by atoms with E-state index in [1.165, 1.54) is 12.1 Å². The smallest absolute Gasteiger partial charge is 0.0386 e. The lowest BCUT2D eigenvalue weighted by atomic mass is 10.1. The molecule has 1 heterocycles. The minimum Gasteiger partial charge on any atom is -0.383 e. The maximum absolute atomic E-state index is 4.15. The Hall–Kier alpha value is -1.22. The van der Waals surface area contributed by atoms with Crippen molar-refractivity contribution in [3.05, 3.63) is 36.2 Å². The molecule has 0 spiro atoms. The van der Waals surface area contributed by atoms with Crippen LogP contribution in [0.5, 0.6) is 0 Å². The molecule has 0 bridgehead atoms. The van der Waals surface area contributed by atoms with Gasteiger partial charge in [-0.15, -0.1) is 0 Å². The normalized spacial score (nSPS) is 19.6. The summed E-state index contributed by atoms with van der Waals surface area (Å²) < 4.78 is 0. The Morgan fingerprint density at radius 2 is 1.85 bits per heavy atom. The maximum atomic E-state index is 4.15. The van der Waals surface area contributed by atoms with Gasteiger partial charge >= 0.3 is 0 Å². The Balaban J connectivity index is 2.81. The first kappa shape index (κ1) is 16.8. The van der Waals surface area contributed by atoms with Crippen LogP contribution in [0.4, 0.5) is 0 Å². The van der Waals surface area contributed by atoms with Gasteiger partial charge < -0.3 is 10.2 Å². The fourth-order valence-electron chi connectivity index (χ4n) is 2.39. The molecule has 0 saturated carbocycles. The van der Waals surface area contributed by atoms with Gasteiger partial charge in [-0.25, -0.2) is 0 Å². The van der Waals surface area contributed by atoms with Gasteiger partial charge in [0.2, 0.25) is 0 Å². The minimum absolute atomic E-state index is 0.386. The molecule has 0 aliphatic carbocycles. The third-order valence-electron chi connectivity index (χ3n) is 3.72. The molecule has 1 aliphatic heterocycles. The van der Waals surface area contributed by atoms with Crippen LogP contribution in [0.2, 0.25) is 0 Å². The Bertz CT molecular complexity index is 380. The molecule has 0 atom stereocenters. The second kappa shape index (κ2) is 7.53. The number of hydrogen-bond acceptors (Lipinski definition) is 3. The largest absolute Gasteiger partial charge is 0.383 e. The van der Waals surface area contributed by atoms with Crippen LogP contribution in [-0.2, 0) is 0 Å². The monoisotopic (exact) mass is 277 g/mol. The number of likely N-dealkylation sites (N-methyl/N-ethyl adjacent to an activating group) is 1. The first-order chi connectivity index (χ1) is 9.31. The molecule has 1 saturated heterocycles. The Labute approximate surface area is 125 Å². The quantitative estimate of drug-likeness (QED) is 0.779. The van der Waals surface area contributed by atoms with Crippen molar-refractivity contribution < 1.29 is 0 Å². The number of allylic oxidation sites excluding steroid dienone is 1. The standard InChI is InChI=1S/C17H31N3/c1-13(2)18-16(6)15(5)11-17-12-20(14(3)4)10-8-9-19(17)7/h11,13-14,18H,5-6,8-10,12H2,1-4,7H3/b17-11-. The zero-order chi connectivity index (χ0) is 15.3. The van der Waals surface area contributed by atoms with Crippen LogP contribution >= 0.6 is 0 Å². The summed E-state index contributed by atoms with van der Waals surface area (Å²) in [5.41, 5.74) is 3.22. The van der Waals surface area contributed by atoms with Gasteiger partial charge in [-0.05, 0) is 45.8 Å². The summed E-state index contributed by atoms with van der Waals surface area (Å²) in [6.45, 7) is 20.2. The van der Waals surface area contributed by atoms with E-state index in [1.807, 2.05) is 0 Å². The molecule has 0 radical (unpaired) electrons. The van der Waals surface area contributed by atoms with E-state index in [2.05, 4.69) is 69.1 Å². The predicted molar refractivity (Wildman–Crippen MR) is 88.6 cm³/mol. The summed E-state index contributed by atoms with van der Waals surface area (Å²) in [5.74, 6) is 0. The summed E-state index contributed by atoms with van der Waals surface area (Å²) in [4.78, 5) is 4.86. The molecule has 0 aromatic heterocycles. The summed E-state index contributed by atoms with van der Waals surface area (Å²) >= 11 is 0. The van der Waals surface area contributed by atoms with Gasteiger partial charge in [-0.1, -0.05) is 13.2 Å². The topological polar surface area (TPSA) is 18.5 Å². The van der Waals surface area contributed by atoms with Crippen molar-refractivity contribution in [3.63, 3.8) is 0 Å². The lowest BCUT2D eigenvalue weighted by molar-refractivity contribution is 0.246. The molecular weight excluding hydrogens is 246 g/mol. The molecule has 0 amide bonds. The van der Waals surface area contributed by atoms with Gasteiger partial charge in [0.05, 0.1) is 0 Å². The molecule has 0 aromatic rings. The first-order valence-corrected chi connectivity index (χ1v) is 7.61. The Kier molecular flexibility index (Phi) is 6.34. The molecule has 0 aromatic carbocycles. The Morgan fingerprint density at radius 3 is 2.40 bits per heavy atom. The van der Waals surface area contributed by atoms with E-state index in [0.717, 1.165) is 30.9 Å². The molecule has 1 aliphatic rings. The maximum Gasteiger partial charge on any atom is 0.0386 e. The molecular formula is C17H31N3. The van der Waals surface area contributed by atoms with E-state index >= 15 is 0 Å². The lowest BCUT2D eigenvalue weighted by Crippen LogP contribution is -2.33. The average molecular weight is 277 g/mol. The predicted octanol–water partition coefficient (Wildman–Crippen LogP) is 2.98. The van der Waals surface area contributed by atoms with Gasteiger partial charge in [0.1, 0.15) is 0 Å². The van der Waals surface area contributed by atoms with E-state index in [9.17, 15) is 0 Å². The summed E-state index contributed by atoms with van der Waals surface area (Å²) in [5, 5.41) is 3.33. The molecule has 0 unspecified atom stereocenters. The van der Waals surface area contributed by atoms with E-state index in [4.69, 9.17) is 0 Å². The number of nitrogens with one attached hydrogen (secondary N) is 1. The number of hydrogen-bond donors (Lipinski definition) is 1. The highest BCUT2D eigenvalue weighted by molar-refractivity contribution is 5.36. The van der Waals surface area contributed by atoms with Crippen molar-refractivity contribution in [2.24, 2.45) is 0 Å². The van der Waals surface area contributed by atoms with E-state index < -0.39 is 0 Å². The third kappa shape index (κ3) is 5.04. The van der Waals surface area contributed by atoms with Crippen LogP contribution in [-0.4, -0.2) is 48.6 Å². The summed E-state index contributed by atoms with van der Waals surface area (Å²) in [6, 6.07) is 0.965.